The smallest absolute Gasteiger partial charge is 0 e. The van der Waals surface area contributed by atoms with E-state index < -0.39 is 0 Å². The van der Waals surface area contributed by atoms with Gasteiger partial charge in [-0.3, -0.25) is 0 Å². The zero-order valence-electron chi connectivity index (χ0n) is 1.29. The van der Waals surface area contributed by atoms with E-state index >= 15 is 0 Å². The van der Waals surface area contributed by atoms with Crippen LogP contribution in [0.4, 0.5) is 0 Å². The predicted octanol–water partition coefficient (Wildman–Crippen LogP) is -1.30. The molecule has 24 valence electrons. The average molecular weight is 316 g/mol. The molecule has 0 aliphatic rings. The van der Waals surface area contributed by atoms with Crippen molar-refractivity contribution in [3.05, 3.63) is 0 Å². The van der Waals surface area contributed by atoms with E-state index in [0.29, 0.717) is 0 Å². The van der Waals surface area contributed by atoms with Gasteiger partial charge in [0.15, 0.2) is 0 Å². The van der Waals surface area contributed by atoms with Crippen LogP contribution in [0.5, 0.6) is 0 Å². The molecule has 0 rings (SSSR count). The van der Waals surface area contributed by atoms with Gasteiger partial charge in [0.05, 0.1) is 0 Å². The van der Waals surface area contributed by atoms with Gasteiger partial charge in [-0.1, -0.05) is 0 Å². The predicted molar refractivity (Wildman–Crippen MR) is 14.3 cm³/mol. The Balaban J connectivity index is 0. The molecule has 4 radical (unpaired) electrons. The van der Waals surface area contributed by atoms with Crippen molar-refractivity contribution in [3.8, 4) is 0 Å². The summed E-state index contributed by atoms with van der Waals surface area (Å²) in [7, 11) is 0. The van der Waals surface area contributed by atoms with Crippen molar-refractivity contribution >= 4 is 55.1 Å². The summed E-state index contributed by atoms with van der Waals surface area (Å²) in [6, 6.07) is 0. The molecule has 0 bridgehead atoms. The van der Waals surface area contributed by atoms with Crippen LogP contribution in [0.3, 0.4) is 0 Å². The summed E-state index contributed by atoms with van der Waals surface area (Å²) in [4.78, 5) is 0. The SMILES string of the molecule is [Al].[CaH2].[Cu].[W]. The molecule has 0 spiro atoms. The van der Waals surface area contributed by atoms with Gasteiger partial charge in [0.25, 0.3) is 0 Å². The van der Waals surface area contributed by atoms with Gasteiger partial charge in [-0.25, -0.2) is 0 Å². The van der Waals surface area contributed by atoms with Crippen molar-refractivity contribution in [1.82, 2.24) is 0 Å². The summed E-state index contributed by atoms with van der Waals surface area (Å²) in [5.74, 6) is 0. The average Bonchev–Trinajstić information content (AvgIpc) is 0. The summed E-state index contributed by atoms with van der Waals surface area (Å²) in [6.45, 7) is 0. The number of hydrogen-bond donors (Lipinski definition) is 0. The monoisotopic (exact) mass is 316 g/mol. The maximum Gasteiger partial charge on any atom is 0 e. The van der Waals surface area contributed by atoms with E-state index in [1.807, 2.05) is 0 Å². The maximum atomic E-state index is 0. The molecule has 0 atom stereocenters. The van der Waals surface area contributed by atoms with E-state index in [2.05, 4.69) is 0 Å². The molecule has 0 aromatic heterocycles. The minimum atomic E-state index is 0. The molecule has 0 aliphatic carbocycles. The Labute approximate surface area is 91.3 Å². The molecular weight excluding hydrogens is 314 g/mol. The van der Waals surface area contributed by atoms with Crippen LogP contribution in [0.15, 0.2) is 0 Å². The molecule has 0 aromatic rings. The van der Waals surface area contributed by atoms with Crippen LogP contribution < -0.4 is 0 Å². The van der Waals surface area contributed by atoms with Gasteiger partial charge >= 0.3 is 37.7 Å². The van der Waals surface area contributed by atoms with Gasteiger partial charge in [0.1, 0.15) is 0 Å². The number of rotatable bonds is 0. The van der Waals surface area contributed by atoms with Crippen LogP contribution >= 0.6 is 0 Å². The normalized spacial score (nSPS) is 0. The molecule has 0 saturated carbocycles. The second kappa shape index (κ2) is 16.7. The third-order valence-electron chi connectivity index (χ3n) is 0. The molecule has 4 heteroatoms. The second-order valence-electron chi connectivity index (χ2n) is 0. The Kier molecular flexibility index (Phi) is 117. The van der Waals surface area contributed by atoms with Gasteiger partial charge in [0.2, 0.25) is 0 Å². The van der Waals surface area contributed by atoms with Crippen molar-refractivity contribution < 1.29 is 38.1 Å². The van der Waals surface area contributed by atoms with Crippen molar-refractivity contribution in [2.75, 3.05) is 0 Å². The summed E-state index contributed by atoms with van der Waals surface area (Å²) >= 11 is 0. The first-order chi connectivity index (χ1) is 0. The fourth-order valence-electron chi connectivity index (χ4n) is 0. The van der Waals surface area contributed by atoms with E-state index in [-0.39, 0.29) is 93.2 Å². The summed E-state index contributed by atoms with van der Waals surface area (Å²) < 4.78 is 0. The van der Waals surface area contributed by atoms with Gasteiger partial charge in [0, 0.05) is 55.5 Å². The van der Waals surface area contributed by atoms with Crippen LogP contribution in [-0.2, 0) is 38.1 Å². The molecule has 0 nitrogen and oxygen atoms in total. The summed E-state index contributed by atoms with van der Waals surface area (Å²) in [5.41, 5.74) is 0. The molecule has 4 heavy (non-hydrogen) atoms. The van der Waals surface area contributed by atoms with E-state index in [0.717, 1.165) is 0 Å². The van der Waals surface area contributed by atoms with Crippen LogP contribution in [-0.4, -0.2) is 55.1 Å². The van der Waals surface area contributed by atoms with Crippen LogP contribution in [0.25, 0.3) is 0 Å². The third kappa shape index (κ3) is 8.89. The molecule has 0 heterocycles. The van der Waals surface area contributed by atoms with Crippen molar-refractivity contribution in [3.63, 3.8) is 0 Å². The zero-order valence-corrected chi connectivity index (χ0v) is 6.32. The van der Waals surface area contributed by atoms with Crippen molar-refractivity contribution in [2.45, 2.75) is 0 Å². The Bertz CT molecular complexity index is 8.00. The largest absolute Gasteiger partial charge is 0 e. The van der Waals surface area contributed by atoms with E-state index in [9.17, 15) is 0 Å². The van der Waals surface area contributed by atoms with Gasteiger partial charge in [-0.05, 0) is 0 Å². The molecule has 0 fully saturated rings. The first-order valence-electron chi connectivity index (χ1n) is 0. The van der Waals surface area contributed by atoms with Gasteiger partial charge in [-0.2, -0.15) is 0 Å². The van der Waals surface area contributed by atoms with E-state index in [1.54, 1.807) is 0 Å². The van der Waals surface area contributed by atoms with Gasteiger partial charge in [-0.15, -0.1) is 0 Å². The van der Waals surface area contributed by atoms with Crippen LogP contribution in [0.1, 0.15) is 0 Å². The molecule has 0 aromatic carbocycles. The van der Waals surface area contributed by atoms with E-state index in [1.165, 1.54) is 0 Å². The number of hydrogen-bond acceptors (Lipinski definition) is 0. The molecule has 0 unspecified atom stereocenters. The molecule has 0 aliphatic heterocycles. The second-order valence-corrected chi connectivity index (χ2v) is 0. The minimum absolute atomic E-state index is 0. The van der Waals surface area contributed by atoms with Crippen molar-refractivity contribution in [1.29, 1.82) is 0 Å². The Hall–Kier alpha value is 3.00. The summed E-state index contributed by atoms with van der Waals surface area (Å²) in [5, 5.41) is 0. The first kappa shape index (κ1) is 28.0. The Morgan fingerprint density at radius 1 is 1.00 bits per heavy atom. The van der Waals surface area contributed by atoms with Crippen LogP contribution in [0, 0.1) is 0 Å². The standard InChI is InChI=1S/Al.Ca.Cu.W.2H. The third-order valence-corrected chi connectivity index (χ3v) is 0. The fourth-order valence-corrected chi connectivity index (χ4v) is 0. The molecule has 0 saturated heterocycles. The summed E-state index contributed by atoms with van der Waals surface area (Å²) in [6.07, 6.45) is 0. The minimum Gasteiger partial charge on any atom is 0 e. The first-order valence-corrected chi connectivity index (χ1v) is 0. The van der Waals surface area contributed by atoms with Gasteiger partial charge < -0.3 is 0 Å². The maximum absolute atomic E-state index is 0. The molecule has 0 amide bonds. The fraction of sp³-hybridized carbons (Fsp3) is 0. The van der Waals surface area contributed by atoms with E-state index in [4.69, 9.17) is 0 Å². The Morgan fingerprint density at radius 3 is 1.00 bits per heavy atom. The van der Waals surface area contributed by atoms with Crippen LogP contribution in [0.2, 0.25) is 0 Å². The van der Waals surface area contributed by atoms with Crippen molar-refractivity contribution in [2.24, 2.45) is 0 Å². The Morgan fingerprint density at radius 2 is 1.00 bits per heavy atom. The molecular formula is H2AlCaCuW. The zero-order chi connectivity index (χ0) is 0. The topological polar surface area (TPSA) is 0 Å². The molecule has 0 N–H and O–H groups in total. The quantitative estimate of drug-likeness (QED) is 0.487.